The molecular weight excluding hydrogens is 399 g/mol. The molecule has 1 N–H and O–H groups in total. The summed E-state index contributed by atoms with van der Waals surface area (Å²) in [5.74, 6) is 0.00726. The summed E-state index contributed by atoms with van der Waals surface area (Å²) in [5.41, 5.74) is -0.185. The lowest BCUT2D eigenvalue weighted by Gasteiger charge is -2.21. The van der Waals surface area contributed by atoms with Crippen molar-refractivity contribution in [3.05, 3.63) is 30.1 Å². The summed E-state index contributed by atoms with van der Waals surface area (Å²) in [6.07, 6.45) is 0.915. The number of hydrogen-bond donors (Lipinski definition) is 1. The molecule has 142 valence electrons. The first-order valence-corrected chi connectivity index (χ1v) is 11.3. The van der Waals surface area contributed by atoms with Crippen LogP contribution in [0.4, 0.5) is 15.2 Å². The molecule has 1 heterocycles. The van der Waals surface area contributed by atoms with Crippen molar-refractivity contribution in [3.8, 4) is 0 Å². The Balaban J connectivity index is 2.08. The highest BCUT2D eigenvalue weighted by molar-refractivity contribution is 8.01. The number of benzene rings is 1. The smallest absolute Gasteiger partial charge is 0.246 e. The number of halogens is 1. The normalized spacial score (nSPS) is 11.6. The highest BCUT2D eigenvalue weighted by Gasteiger charge is 2.24. The first kappa shape index (κ1) is 20.6. The van der Waals surface area contributed by atoms with Crippen LogP contribution in [0, 0.1) is 11.7 Å². The van der Waals surface area contributed by atoms with Gasteiger partial charge in [-0.05, 0) is 18.1 Å². The average Bonchev–Trinajstić information content (AvgIpc) is 2.98. The maximum absolute atomic E-state index is 13.9. The van der Waals surface area contributed by atoms with E-state index in [2.05, 4.69) is 29.4 Å². The molecule has 0 aliphatic carbocycles. The molecule has 11 heteroatoms. The Kier molecular flexibility index (Phi) is 6.95. The minimum atomic E-state index is -3.85. The van der Waals surface area contributed by atoms with Crippen LogP contribution in [0.15, 0.2) is 28.6 Å². The number of aromatic nitrogens is 2. The largest absolute Gasteiger partial charge is 0.299 e. The Bertz CT molecular complexity index is 871. The Labute approximate surface area is 160 Å². The summed E-state index contributed by atoms with van der Waals surface area (Å²) in [5, 5.41) is 10.6. The first-order valence-electron chi connectivity index (χ1n) is 7.65. The minimum Gasteiger partial charge on any atom is -0.299 e. The number of rotatable bonds is 8. The number of amides is 1. The number of anilines is 2. The molecule has 0 aliphatic heterocycles. The highest BCUT2D eigenvalue weighted by Crippen LogP contribution is 2.27. The van der Waals surface area contributed by atoms with Crippen LogP contribution in [0.2, 0.25) is 0 Å². The molecule has 2 rings (SSSR count). The van der Waals surface area contributed by atoms with E-state index in [-0.39, 0.29) is 10.8 Å². The molecule has 0 fully saturated rings. The molecule has 0 saturated carbocycles. The molecular formula is C15H19FN4O3S3. The molecule has 2 aromatic rings. The lowest BCUT2D eigenvalue weighted by Crippen LogP contribution is -2.38. The van der Waals surface area contributed by atoms with Crippen LogP contribution >= 0.6 is 23.1 Å². The van der Waals surface area contributed by atoms with Gasteiger partial charge in [0, 0.05) is 5.75 Å². The van der Waals surface area contributed by atoms with Gasteiger partial charge in [0.25, 0.3) is 0 Å². The molecule has 0 radical (unpaired) electrons. The molecule has 0 bridgehead atoms. The van der Waals surface area contributed by atoms with Crippen LogP contribution in [0.25, 0.3) is 0 Å². The fourth-order valence-electron chi connectivity index (χ4n) is 1.88. The third-order valence-electron chi connectivity index (χ3n) is 3.00. The lowest BCUT2D eigenvalue weighted by molar-refractivity contribution is -0.114. The van der Waals surface area contributed by atoms with Crippen molar-refractivity contribution in [1.29, 1.82) is 0 Å². The number of thioether (sulfide) groups is 1. The first-order chi connectivity index (χ1) is 12.2. The minimum absolute atomic E-state index is 0.185. The topological polar surface area (TPSA) is 92.3 Å². The average molecular weight is 419 g/mol. The van der Waals surface area contributed by atoms with Crippen molar-refractivity contribution in [2.45, 2.75) is 18.2 Å². The summed E-state index contributed by atoms with van der Waals surface area (Å²) in [6.45, 7) is 3.60. The second-order valence-corrected chi connectivity index (χ2v) is 10.00. The molecule has 1 aromatic carbocycles. The maximum atomic E-state index is 13.9. The van der Waals surface area contributed by atoms with Crippen molar-refractivity contribution in [3.63, 3.8) is 0 Å². The van der Waals surface area contributed by atoms with Crippen LogP contribution in [0.5, 0.6) is 0 Å². The maximum Gasteiger partial charge on any atom is 0.246 e. The standard InChI is InChI=1S/C15H19FN4O3S3/c1-10(2)9-24-15-19-18-14(25-15)17-13(21)8-20(26(3,22)23)12-7-5-4-6-11(12)16/h4-7,10H,8-9H2,1-3H3,(H,17,18,21). The van der Waals surface area contributed by atoms with Gasteiger partial charge >= 0.3 is 0 Å². The summed E-state index contributed by atoms with van der Waals surface area (Å²) >= 11 is 2.73. The summed E-state index contributed by atoms with van der Waals surface area (Å²) < 4.78 is 39.3. The fraction of sp³-hybridized carbons (Fsp3) is 0.400. The van der Waals surface area contributed by atoms with Gasteiger partial charge in [-0.25, -0.2) is 12.8 Å². The van der Waals surface area contributed by atoms with Gasteiger partial charge < -0.3 is 0 Å². The van der Waals surface area contributed by atoms with Crippen molar-refractivity contribution in [2.24, 2.45) is 5.92 Å². The number of carbonyl (C=O) groups is 1. The molecule has 1 amide bonds. The van der Waals surface area contributed by atoms with Crippen LogP contribution in [0.1, 0.15) is 13.8 Å². The monoisotopic (exact) mass is 418 g/mol. The highest BCUT2D eigenvalue weighted by atomic mass is 32.2. The number of nitrogens with zero attached hydrogens (tertiary/aromatic N) is 3. The quantitative estimate of drug-likeness (QED) is 0.523. The number of para-hydroxylation sites is 1. The van der Waals surface area contributed by atoms with Crippen LogP contribution in [-0.2, 0) is 14.8 Å². The number of hydrogen-bond acceptors (Lipinski definition) is 7. The summed E-state index contributed by atoms with van der Waals surface area (Å²) in [4.78, 5) is 12.2. The van der Waals surface area contributed by atoms with Gasteiger partial charge in [-0.15, -0.1) is 10.2 Å². The molecule has 0 aliphatic rings. The van der Waals surface area contributed by atoms with Crippen molar-refractivity contribution in [2.75, 3.05) is 28.2 Å². The van der Waals surface area contributed by atoms with Gasteiger partial charge in [0.1, 0.15) is 12.4 Å². The molecule has 7 nitrogen and oxygen atoms in total. The second kappa shape index (κ2) is 8.78. The zero-order chi connectivity index (χ0) is 19.3. The fourth-order valence-corrected chi connectivity index (χ4v) is 4.48. The van der Waals surface area contributed by atoms with E-state index in [0.717, 1.165) is 18.1 Å². The SMILES string of the molecule is CC(C)CSc1nnc(NC(=O)CN(c2ccccc2F)S(C)(=O)=O)s1. The van der Waals surface area contributed by atoms with Crippen molar-refractivity contribution >= 4 is 49.8 Å². The predicted octanol–water partition coefficient (Wildman–Crippen LogP) is 2.83. The van der Waals surface area contributed by atoms with Crippen molar-refractivity contribution < 1.29 is 17.6 Å². The van der Waals surface area contributed by atoms with Gasteiger partial charge in [-0.1, -0.05) is 49.1 Å². The third-order valence-corrected chi connectivity index (χ3v) is 6.53. The zero-order valence-corrected chi connectivity index (χ0v) is 16.9. The van der Waals surface area contributed by atoms with E-state index in [4.69, 9.17) is 0 Å². The van der Waals surface area contributed by atoms with Gasteiger partial charge in [-0.2, -0.15) is 0 Å². The lowest BCUT2D eigenvalue weighted by atomic mass is 10.3. The second-order valence-electron chi connectivity index (χ2n) is 5.85. The van der Waals surface area contributed by atoms with Gasteiger partial charge in [-0.3, -0.25) is 14.4 Å². The van der Waals surface area contributed by atoms with Gasteiger partial charge in [0.15, 0.2) is 4.34 Å². The molecule has 0 spiro atoms. The van der Waals surface area contributed by atoms with E-state index in [0.29, 0.717) is 14.6 Å². The van der Waals surface area contributed by atoms with E-state index in [1.807, 2.05) is 0 Å². The van der Waals surface area contributed by atoms with Crippen molar-refractivity contribution in [1.82, 2.24) is 10.2 Å². The van der Waals surface area contributed by atoms with Gasteiger partial charge in [0.2, 0.25) is 21.1 Å². The molecule has 0 saturated heterocycles. The van der Waals surface area contributed by atoms with E-state index in [1.165, 1.54) is 41.3 Å². The third kappa shape index (κ3) is 5.92. The molecule has 0 unspecified atom stereocenters. The number of sulfonamides is 1. The van der Waals surface area contributed by atoms with Crippen LogP contribution < -0.4 is 9.62 Å². The van der Waals surface area contributed by atoms with Gasteiger partial charge in [0.05, 0.1) is 11.9 Å². The molecule has 0 atom stereocenters. The van der Waals surface area contributed by atoms with E-state index >= 15 is 0 Å². The Morgan fingerprint density at radius 3 is 2.65 bits per heavy atom. The van der Waals surface area contributed by atoms with Crippen LogP contribution in [0.3, 0.4) is 0 Å². The van der Waals surface area contributed by atoms with E-state index < -0.39 is 28.3 Å². The van der Waals surface area contributed by atoms with E-state index in [1.54, 1.807) is 0 Å². The summed E-state index contributed by atoms with van der Waals surface area (Å²) in [6, 6.07) is 5.37. The molecule has 1 aromatic heterocycles. The van der Waals surface area contributed by atoms with Crippen LogP contribution in [-0.4, -0.2) is 43.1 Å². The predicted molar refractivity (Wildman–Crippen MR) is 103 cm³/mol. The zero-order valence-electron chi connectivity index (χ0n) is 14.5. The summed E-state index contributed by atoms with van der Waals surface area (Å²) in [7, 11) is -3.85. The number of nitrogens with one attached hydrogen (secondary N) is 1. The Morgan fingerprint density at radius 1 is 1.35 bits per heavy atom. The Hall–Kier alpha value is -1.72. The Morgan fingerprint density at radius 2 is 2.04 bits per heavy atom. The molecule has 26 heavy (non-hydrogen) atoms. The number of carbonyl (C=O) groups excluding carboxylic acids is 1. The van der Waals surface area contributed by atoms with E-state index in [9.17, 15) is 17.6 Å².